The van der Waals surface area contributed by atoms with Crippen LogP contribution in [0.25, 0.3) is 0 Å². The van der Waals surface area contributed by atoms with Crippen molar-refractivity contribution in [2.24, 2.45) is 0 Å². The Morgan fingerprint density at radius 2 is 1.85 bits per heavy atom. The molecule has 0 aliphatic carbocycles. The Balaban J connectivity index is 1.87. The maximum absolute atomic E-state index is 13.3. The first kappa shape index (κ1) is 19.8. The lowest BCUT2D eigenvalue weighted by atomic mass is 10.2. The van der Waals surface area contributed by atoms with Crippen molar-refractivity contribution >= 4 is 23.3 Å². The van der Waals surface area contributed by atoms with Gasteiger partial charge in [-0.25, -0.2) is 9.18 Å². The van der Waals surface area contributed by atoms with Gasteiger partial charge in [0.1, 0.15) is 11.6 Å². The van der Waals surface area contributed by atoms with Crippen LogP contribution >= 0.6 is 0 Å². The summed E-state index contributed by atoms with van der Waals surface area (Å²) in [5.74, 6) is -2.89. The van der Waals surface area contributed by atoms with Crippen molar-refractivity contribution < 1.29 is 32.8 Å². The second kappa shape index (κ2) is 8.70. The van der Waals surface area contributed by atoms with E-state index in [4.69, 9.17) is 9.47 Å². The molecule has 0 heterocycles. The van der Waals surface area contributed by atoms with Crippen molar-refractivity contribution in [3.8, 4) is 5.75 Å². The summed E-state index contributed by atoms with van der Waals surface area (Å²) in [4.78, 5) is 33.5. The van der Waals surface area contributed by atoms with Crippen molar-refractivity contribution in [2.75, 3.05) is 11.9 Å². The highest BCUT2D eigenvalue weighted by atomic mass is 19.1. The number of halogens is 2. The Morgan fingerprint density at radius 1 is 1.19 bits per heavy atom. The Kier molecular flexibility index (Phi) is 6.36. The van der Waals surface area contributed by atoms with Gasteiger partial charge in [-0.1, -0.05) is 0 Å². The van der Waals surface area contributed by atoms with Crippen molar-refractivity contribution in [2.45, 2.75) is 13.0 Å². The highest BCUT2D eigenvalue weighted by Crippen LogP contribution is 2.21. The van der Waals surface area contributed by atoms with Gasteiger partial charge < -0.3 is 14.8 Å². The molecule has 10 heteroatoms. The number of nitro benzene ring substituents is 1. The molecule has 0 bridgehead atoms. The number of nitro groups is 1. The van der Waals surface area contributed by atoms with Gasteiger partial charge >= 0.3 is 11.7 Å². The molecule has 1 amide bonds. The van der Waals surface area contributed by atoms with Gasteiger partial charge in [-0.05, 0) is 43.3 Å². The quantitative estimate of drug-likeness (QED) is 0.450. The van der Waals surface area contributed by atoms with Crippen molar-refractivity contribution in [1.29, 1.82) is 0 Å². The van der Waals surface area contributed by atoms with Crippen LogP contribution in [0, 0.1) is 21.7 Å². The molecule has 2 aromatic rings. The summed E-state index contributed by atoms with van der Waals surface area (Å²) in [5, 5.41) is 13.0. The van der Waals surface area contributed by atoms with Gasteiger partial charge in [0.15, 0.2) is 12.7 Å². The van der Waals surface area contributed by atoms with E-state index >= 15 is 0 Å². The fraction of sp³-hybridized carbons (Fsp3) is 0.176. The molecule has 2 aromatic carbocycles. The van der Waals surface area contributed by atoms with Crippen LogP contribution in [-0.2, 0) is 14.3 Å². The Morgan fingerprint density at radius 3 is 2.48 bits per heavy atom. The number of esters is 1. The van der Waals surface area contributed by atoms with E-state index in [1.54, 1.807) is 0 Å². The van der Waals surface area contributed by atoms with Gasteiger partial charge in [0, 0.05) is 11.8 Å². The summed E-state index contributed by atoms with van der Waals surface area (Å²) in [6.07, 6.45) is -1.24. The maximum Gasteiger partial charge on any atom is 0.344 e. The Bertz CT molecular complexity index is 857. The molecule has 27 heavy (non-hydrogen) atoms. The van der Waals surface area contributed by atoms with E-state index in [-0.39, 0.29) is 11.4 Å². The third-order valence-electron chi connectivity index (χ3n) is 3.26. The number of anilines is 1. The summed E-state index contributed by atoms with van der Waals surface area (Å²) < 4.78 is 36.0. The second-order valence-electron chi connectivity index (χ2n) is 5.29. The van der Waals surface area contributed by atoms with Crippen LogP contribution in [0.15, 0.2) is 42.5 Å². The van der Waals surface area contributed by atoms with Gasteiger partial charge in [0.2, 0.25) is 5.82 Å². The fourth-order valence-corrected chi connectivity index (χ4v) is 1.93. The lowest BCUT2D eigenvalue weighted by Gasteiger charge is -2.14. The number of hydrogen-bond acceptors (Lipinski definition) is 6. The van der Waals surface area contributed by atoms with Crippen LogP contribution in [0.5, 0.6) is 5.75 Å². The minimum absolute atomic E-state index is 0.0291. The molecule has 0 unspecified atom stereocenters. The minimum Gasteiger partial charge on any atom is -0.482 e. The largest absolute Gasteiger partial charge is 0.482 e. The maximum atomic E-state index is 13.3. The number of hydrogen-bond donors (Lipinski definition) is 1. The standard InChI is InChI=1S/C17H14F2N2O6/c1-10(27-16(22)9-26-13-5-2-11(18)3-6-13)17(23)20-12-4-7-14(19)15(8-12)21(24)25/h2-8,10H,9H2,1H3,(H,20,23)/t10-/m0/s1. The second-order valence-corrected chi connectivity index (χ2v) is 5.29. The highest BCUT2D eigenvalue weighted by Gasteiger charge is 2.20. The summed E-state index contributed by atoms with van der Waals surface area (Å²) in [7, 11) is 0. The number of rotatable bonds is 7. The molecule has 0 saturated carbocycles. The molecule has 0 aliphatic heterocycles. The Hall–Kier alpha value is -3.56. The van der Waals surface area contributed by atoms with Crippen LogP contribution in [0.2, 0.25) is 0 Å². The molecule has 0 saturated heterocycles. The number of carbonyl (C=O) groups is 2. The highest BCUT2D eigenvalue weighted by molar-refractivity contribution is 5.95. The molecule has 0 aliphatic rings. The SMILES string of the molecule is C[C@H](OC(=O)COc1ccc(F)cc1)C(=O)Nc1ccc(F)c([N+](=O)[O-])c1. The molecular weight excluding hydrogens is 366 g/mol. The van der Waals surface area contributed by atoms with Gasteiger partial charge in [-0.3, -0.25) is 14.9 Å². The van der Waals surface area contributed by atoms with Crippen molar-refractivity contribution in [1.82, 2.24) is 0 Å². The van der Waals surface area contributed by atoms with E-state index in [0.29, 0.717) is 0 Å². The first-order chi connectivity index (χ1) is 12.8. The van der Waals surface area contributed by atoms with E-state index in [1.165, 1.54) is 19.1 Å². The van der Waals surface area contributed by atoms with E-state index < -0.39 is 46.8 Å². The number of amides is 1. The Labute approximate surface area is 151 Å². The van der Waals surface area contributed by atoms with Gasteiger partial charge in [0.25, 0.3) is 5.91 Å². The van der Waals surface area contributed by atoms with E-state index in [1.807, 2.05) is 0 Å². The molecule has 1 atom stereocenters. The molecule has 1 N–H and O–H groups in total. The lowest BCUT2D eigenvalue weighted by molar-refractivity contribution is -0.387. The third kappa shape index (κ3) is 5.73. The zero-order valence-corrected chi connectivity index (χ0v) is 14.0. The fourth-order valence-electron chi connectivity index (χ4n) is 1.93. The molecule has 2 rings (SSSR count). The average molecular weight is 380 g/mol. The first-order valence-corrected chi connectivity index (χ1v) is 7.59. The van der Waals surface area contributed by atoms with Crippen LogP contribution in [0.3, 0.4) is 0 Å². The topological polar surface area (TPSA) is 108 Å². The minimum atomic E-state index is -1.24. The lowest BCUT2D eigenvalue weighted by Crippen LogP contribution is -2.31. The number of carbonyl (C=O) groups excluding carboxylic acids is 2. The summed E-state index contributed by atoms with van der Waals surface area (Å²) >= 11 is 0. The van der Waals surface area contributed by atoms with E-state index in [2.05, 4.69) is 5.32 Å². The molecule has 0 spiro atoms. The normalized spacial score (nSPS) is 11.4. The molecule has 142 valence electrons. The van der Waals surface area contributed by atoms with Crippen LogP contribution in [0.1, 0.15) is 6.92 Å². The third-order valence-corrected chi connectivity index (χ3v) is 3.26. The van der Waals surface area contributed by atoms with Crippen LogP contribution < -0.4 is 10.1 Å². The zero-order valence-electron chi connectivity index (χ0n) is 14.0. The summed E-state index contributed by atoms with van der Waals surface area (Å²) in [6, 6.07) is 7.75. The van der Waals surface area contributed by atoms with Gasteiger partial charge in [0.05, 0.1) is 4.92 Å². The predicted molar refractivity (Wildman–Crippen MR) is 89.1 cm³/mol. The summed E-state index contributed by atoms with van der Waals surface area (Å²) in [5.41, 5.74) is -0.830. The number of benzene rings is 2. The van der Waals surface area contributed by atoms with Crippen LogP contribution in [0.4, 0.5) is 20.2 Å². The molecule has 0 aromatic heterocycles. The molecule has 0 radical (unpaired) electrons. The average Bonchev–Trinajstić information content (AvgIpc) is 2.62. The number of nitrogens with one attached hydrogen (secondary N) is 1. The van der Waals surface area contributed by atoms with Crippen LogP contribution in [-0.4, -0.2) is 29.5 Å². The molecular formula is C17H14F2N2O6. The van der Waals surface area contributed by atoms with Gasteiger partial charge in [-0.15, -0.1) is 0 Å². The van der Waals surface area contributed by atoms with Gasteiger partial charge in [-0.2, -0.15) is 4.39 Å². The van der Waals surface area contributed by atoms with E-state index in [0.717, 1.165) is 30.3 Å². The number of nitrogens with zero attached hydrogens (tertiary/aromatic N) is 1. The molecule has 8 nitrogen and oxygen atoms in total. The molecule has 0 fully saturated rings. The smallest absolute Gasteiger partial charge is 0.344 e. The zero-order chi connectivity index (χ0) is 20.0. The summed E-state index contributed by atoms with van der Waals surface area (Å²) in [6.45, 7) is 0.772. The first-order valence-electron chi connectivity index (χ1n) is 7.59. The number of ether oxygens (including phenoxy) is 2. The van der Waals surface area contributed by atoms with Crippen molar-refractivity contribution in [3.05, 3.63) is 64.2 Å². The van der Waals surface area contributed by atoms with E-state index in [9.17, 15) is 28.5 Å². The monoisotopic (exact) mass is 380 g/mol. The predicted octanol–water partition coefficient (Wildman–Crippen LogP) is 2.82. The van der Waals surface area contributed by atoms with Crippen molar-refractivity contribution in [3.63, 3.8) is 0 Å².